The van der Waals surface area contributed by atoms with Gasteiger partial charge in [0.2, 0.25) is 0 Å². The molecule has 4 rings (SSSR count). The summed E-state index contributed by atoms with van der Waals surface area (Å²) in [4.78, 5) is 16.2. The fourth-order valence-electron chi connectivity index (χ4n) is 1.73. The number of rotatable bonds is 8. The van der Waals surface area contributed by atoms with Gasteiger partial charge in [-0.15, -0.1) is 45.3 Å². The summed E-state index contributed by atoms with van der Waals surface area (Å²) in [6.07, 6.45) is 6.79. The zero-order valence-corrected chi connectivity index (χ0v) is 27.9. The quantitative estimate of drug-likeness (QED) is 0.103. The first-order valence-electron chi connectivity index (χ1n) is 9.32. The molecule has 0 aliphatic carbocycles. The summed E-state index contributed by atoms with van der Waals surface area (Å²) in [5, 5.41) is 22.1. The van der Waals surface area contributed by atoms with E-state index in [4.69, 9.17) is 56.1 Å². The Balaban J connectivity index is 0.000000211. The van der Waals surface area contributed by atoms with E-state index >= 15 is 0 Å². The van der Waals surface area contributed by atoms with Crippen LogP contribution in [0.5, 0.6) is 0 Å². The van der Waals surface area contributed by atoms with Crippen LogP contribution in [0.25, 0.3) is 0 Å². The molecule has 0 amide bonds. The zero-order chi connectivity index (χ0) is 27.0. The molecule has 0 unspecified atom stereocenters. The van der Waals surface area contributed by atoms with Crippen LogP contribution in [0.4, 0.5) is 20.5 Å². The number of anilines is 4. The summed E-state index contributed by atoms with van der Waals surface area (Å²) in [6.45, 7) is 0. The van der Waals surface area contributed by atoms with Gasteiger partial charge in [-0.25, -0.2) is 27.2 Å². The van der Waals surface area contributed by atoms with Crippen LogP contribution in [0.1, 0.15) is 0 Å². The number of hydrogen-bond acceptors (Lipinski definition) is 18. The summed E-state index contributed by atoms with van der Waals surface area (Å²) in [5.74, 6) is 0. The Hall–Kier alpha value is -0.600. The van der Waals surface area contributed by atoms with E-state index < -0.39 is 0 Å². The van der Waals surface area contributed by atoms with Crippen LogP contribution in [-0.2, 0) is 7.26 Å². The molecule has 4 heterocycles. The Labute approximate surface area is 272 Å². The minimum absolute atomic E-state index is 0.472. The van der Waals surface area contributed by atoms with Crippen molar-refractivity contribution in [1.82, 2.24) is 19.9 Å². The third kappa shape index (κ3) is 13.6. The minimum atomic E-state index is 0.472. The van der Waals surface area contributed by atoms with Gasteiger partial charge in [0, 0.05) is 46.3 Å². The summed E-state index contributed by atoms with van der Waals surface area (Å²) in [6, 6.07) is 0. The second kappa shape index (κ2) is 18.7. The first-order valence-corrected chi connectivity index (χ1v) is 17.4. The van der Waals surface area contributed by atoms with Crippen molar-refractivity contribution in [2.45, 2.75) is 0 Å². The van der Waals surface area contributed by atoms with Crippen molar-refractivity contribution in [3.05, 3.63) is 46.3 Å². The maximum atomic E-state index is 5.23. The molecule has 0 saturated carbocycles. The molecule has 0 spiro atoms. The first kappa shape index (κ1) is 31.9. The lowest BCUT2D eigenvalue weighted by Gasteiger charge is -2.04. The predicted octanol–water partition coefficient (Wildman–Crippen LogP) is 8.01. The molecule has 0 saturated heterocycles. The maximum absolute atomic E-state index is 5.23. The monoisotopic (exact) mass is 732 g/mol. The summed E-state index contributed by atoms with van der Waals surface area (Å²) >= 11 is 30.2. The van der Waals surface area contributed by atoms with E-state index in [-0.39, 0.29) is 0 Å². The molecule has 22 heteroatoms. The van der Waals surface area contributed by atoms with Crippen molar-refractivity contribution in [3.63, 3.8) is 0 Å². The van der Waals surface area contributed by atoms with Gasteiger partial charge in [-0.1, -0.05) is 0 Å². The number of hydrogen-bond donors (Lipinski definition) is 4. The van der Waals surface area contributed by atoms with Crippen molar-refractivity contribution in [3.8, 4) is 0 Å². The molecule has 0 atom stereocenters. The van der Waals surface area contributed by atoms with Gasteiger partial charge < -0.3 is 21.3 Å². The molecular weight excluding hydrogens is 721 g/mol. The van der Waals surface area contributed by atoms with Gasteiger partial charge in [0.05, 0.1) is 48.2 Å². The highest BCUT2D eigenvalue weighted by molar-refractivity contribution is 8.30. The van der Waals surface area contributed by atoms with Crippen LogP contribution in [0.2, 0.25) is 0 Å². The molecule has 4 aromatic rings. The number of thiazole rings is 4. The van der Waals surface area contributed by atoms with Crippen LogP contribution < -0.4 is 21.3 Å². The van der Waals surface area contributed by atoms with Crippen LogP contribution in [0.3, 0.4) is 0 Å². The van der Waals surface area contributed by atoms with Crippen molar-refractivity contribution < 1.29 is 7.26 Å². The zero-order valence-electron chi connectivity index (χ0n) is 18.1. The highest BCUT2D eigenvalue weighted by Gasteiger charge is 2.07. The lowest BCUT2D eigenvalue weighted by Crippen LogP contribution is -2.06. The molecule has 0 aliphatic heterocycles. The number of nitrogens with one attached hydrogen (secondary N) is 4. The van der Waals surface area contributed by atoms with E-state index in [1.165, 1.54) is 45.3 Å². The largest absolute Gasteiger partial charge is 0.315 e. The molecule has 0 aliphatic rings. The molecule has 4 N–H and O–H groups in total. The van der Waals surface area contributed by atoms with Crippen LogP contribution in [0.15, 0.2) is 46.3 Å². The van der Waals surface area contributed by atoms with Gasteiger partial charge in [-0.2, -0.15) is 0 Å². The Morgan fingerprint density at radius 3 is 0.921 bits per heavy atom. The molecule has 0 aromatic carbocycles. The van der Waals surface area contributed by atoms with Crippen LogP contribution in [-0.4, -0.2) is 37.2 Å². The van der Waals surface area contributed by atoms with Gasteiger partial charge in [0.1, 0.15) is 0 Å². The first-order chi connectivity index (χ1) is 18.5. The second-order valence-corrected chi connectivity index (χ2v) is 15.1. The summed E-state index contributed by atoms with van der Waals surface area (Å²) in [7, 11) is 0. The Bertz CT molecular complexity index is 1060. The standard InChI is InChI=1S/2C8H6N4OS6/c2*14-7(11-5-9-1-3-16-5)18-13-19-8(15)12-6-10-2-4-17-6/h2*1-4H,(H,9,11,14)(H,10,12,15). The highest BCUT2D eigenvalue weighted by Crippen LogP contribution is 2.23. The smallest absolute Gasteiger partial charge is 0.188 e. The normalized spacial score (nSPS) is 10.1. The van der Waals surface area contributed by atoms with Crippen molar-refractivity contribution >= 4 is 180 Å². The molecule has 38 heavy (non-hydrogen) atoms. The predicted molar refractivity (Wildman–Crippen MR) is 186 cm³/mol. The fraction of sp³-hybridized carbons (Fsp3) is 0. The number of aromatic nitrogens is 4. The van der Waals surface area contributed by atoms with Crippen LogP contribution in [0, 0.1) is 0 Å². The van der Waals surface area contributed by atoms with Gasteiger partial charge in [0.15, 0.2) is 37.8 Å². The topological polar surface area (TPSA) is 118 Å². The molecule has 0 radical (unpaired) electrons. The van der Waals surface area contributed by atoms with E-state index in [0.29, 0.717) is 17.3 Å². The van der Waals surface area contributed by atoms with Crippen LogP contribution >= 0.6 is 142 Å². The van der Waals surface area contributed by atoms with E-state index in [9.17, 15) is 0 Å². The Morgan fingerprint density at radius 1 is 0.500 bits per heavy atom. The van der Waals surface area contributed by atoms with Gasteiger partial charge in [-0.05, 0) is 48.9 Å². The maximum Gasteiger partial charge on any atom is 0.188 e. The average Bonchev–Trinajstić information content (AvgIpc) is 3.69. The number of thiocarbonyl (C=S) groups is 4. The minimum Gasteiger partial charge on any atom is -0.315 e. The fourth-order valence-corrected chi connectivity index (χ4v) is 7.58. The van der Waals surface area contributed by atoms with Crippen molar-refractivity contribution in [1.29, 1.82) is 0 Å². The van der Waals surface area contributed by atoms with E-state index in [1.54, 1.807) is 24.8 Å². The summed E-state index contributed by atoms with van der Waals surface area (Å²) < 4.78 is 12.4. The number of nitrogens with zero attached hydrogens (tertiary/aromatic N) is 4. The van der Waals surface area contributed by atoms with E-state index in [1.807, 2.05) is 21.5 Å². The third-order valence-corrected chi connectivity index (χ3v) is 9.09. The molecule has 0 fully saturated rings. The van der Waals surface area contributed by atoms with E-state index in [0.717, 1.165) is 68.7 Å². The highest BCUT2D eigenvalue weighted by atomic mass is 32.3. The molecule has 4 aromatic heterocycles. The SMILES string of the molecule is S=C(Nc1nccs1)SOSC(=S)Nc1nccs1.S=C(Nc1nccs1)SOSC(=S)Nc1nccs1. The van der Waals surface area contributed by atoms with E-state index in [2.05, 4.69) is 41.2 Å². The third-order valence-electron chi connectivity index (χ3n) is 3.00. The summed E-state index contributed by atoms with van der Waals surface area (Å²) in [5.41, 5.74) is 0. The van der Waals surface area contributed by atoms with Crippen molar-refractivity contribution in [2.24, 2.45) is 0 Å². The average molecular weight is 733 g/mol. The second-order valence-electron chi connectivity index (χ2n) is 5.47. The van der Waals surface area contributed by atoms with Crippen molar-refractivity contribution in [2.75, 3.05) is 21.3 Å². The Morgan fingerprint density at radius 2 is 0.737 bits per heavy atom. The Kier molecular flexibility index (Phi) is 15.7. The lowest BCUT2D eigenvalue weighted by atomic mass is 11.0. The molecule has 200 valence electrons. The molecular formula is C16H12N8O2S12. The van der Waals surface area contributed by atoms with Gasteiger partial charge in [0.25, 0.3) is 0 Å². The lowest BCUT2D eigenvalue weighted by molar-refractivity contribution is 0.779. The molecule has 10 nitrogen and oxygen atoms in total. The van der Waals surface area contributed by atoms with Gasteiger partial charge in [-0.3, -0.25) is 0 Å². The molecule has 0 bridgehead atoms. The van der Waals surface area contributed by atoms with Gasteiger partial charge >= 0.3 is 0 Å².